The van der Waals surface area contributed by atoms with Gasteiger partial charge in [-0.3, -0.25) is 0 Å². The summed E-state index contributed by atoms with van der Waals surface area (Å²) in [5.74, 6) is -13.9. The summed E-state index contributed by atoms with van der Waals surface area (Å²) in [5, 5.41) is 2.54. The molecule has 1 aliphatic rings. The Labute approximate surface area is 214 Å². The first kappa shape index (κ1) is 26.9. The van der Waals surface area contributed by atoms with Gasteiger partial charge in [-0.15, -0.1) is 0 Å². The van der Waals surface area contributed by atoms with Crippen molar-refractivity contribution in [3.63, 3.8) is 0 Å². The van der Waals surface area contributed by atoms with Gasteiger partial charge >= 0.3 is 12.2 Å². The average Bonchev–Trinajstić information content (AvgIpc) is 3.23. The van der Waals surface area contributed by atoms with Crippen LogP contribution in [0.25, 0.3) is 11.1 Å². The largest absolute Gasteiger partial charge is 0.514 e. The lowest BCUT2D eigenvalue weighted by Gasteiger charge is -2.22. The van der Waals surface area contributed by atoms with Gasteiger partial charge in [-0.05, 0) is 28.2 Å². The molecule has 1 aliphatic carbocycles. The molecule has 3 aromatic carbocycles. The van der Waals surface area contributed by atoms with Crippen molar-refractivity contribution >= 4 is 12.2 Å². The molecule has 200 valence electrons. The molecule has 1 amide bonds. The Morgan fingerprint density at radius 1 is 0.789 bits per heavy atom. The minimum atomic E-state index is -2.40. The number of benzene rings is 3. The van der Waals surface area contributed by atoms with Gasteiger partial charge < -0.3 is 19.5 Å². The van der Waals surface area contributed by atoms with E-state index < -0.39 is 59.7 Å². The summed E-state index contributed by atoms with van der Waals surface area (Å²) >= 11 is 0. The number of amides is 1. The molecule has 0 spiro atoms. The van der Waals surface area contributed by atoms with Crippen molar-refractivity contribution in [2.45, 2.75) is 25.8 Å². The zero-order chi connectivity index (χ0) is 27.6. The number of carbonyl (C=O) groups excluding carboxylic acids is 2. The van der Waals surface area contributed by atoms with Gasteiger partial charge in [0, 0.05) is 5.92 Å². The third-order valence-corrected chi connectivity index (χ3v) is 6.19. The summed E-state index contributed by atoms with van der Waals surface area (Å²) in [7, 11) is 0. The average molecular weight is 535 g/mol. The van der Waals surface area contributed by atoms with Crippen LogP contribution in [0.3, 0.4) is 0 Å². The summed E-state index contributed by atoms with van der Waals surface area (Å²) in [6.07, 6.45) is -2.53. The topological polar surface area (TPSA) is 73.9 Å². The van der Waals surface area contributed by atoms with Crippen molar-refractivity contribution in [1.29, 1.82) is 0 Å². The zero-order valence-electron chi connectivity index (χ0n) is 20.2. The Morgan fingerprint density at radius 2 is 1.29 bits per heavy atom. The molecule has 0 heterocycles. The van der Waals surface area contributed by atoms with Gasteiger partial charge in [0.1, 0.15) is 13.2 Å². The highest BCUT2D eigenvalue weighted by Crippen LogP contribution is 2.44. The molecule has 11 heteroatoms. The first-order valence-corrected chi connectivity index (χ1v) is 11.6. The lowest BCUT2D eigenvalue weighted by molar-refractivity contribution is 0.0758. The molecule has 0 bridgehead atoms. The standard InChI is InChI=1S/C27H22F5NO5/c1-13(2)19(12-37-27(35)38-25-23(31)21(29)20(28)22(30)24(25)32)33-26(34)36-11-18-16-9-5-3-7-14(16)15-8-4-6-10-17(15)18/h3-10,13,18-19H,11-12H2,1-2H3,(H,33,34)/t19-/m1/s1. The fourth-order valence-corrected chi connectivity index (χ4v) is 4.14. The smallest absolute Gasteiger partial charge is 0.449 e. The van der Waals surface area contributed by atoms with Crippen molar-refractivity contribution in [1.82, 2.24) is 5.32 Å². The summed E-state index contributed by atoms with van der Waals surface area (Å²) in [4.78, 5) is 24.5. The van der Waals surface area contributed by atoms with Crippen LogP contribution in [-0.2, 0) is 9.47 Å². The van der Waals surface area contributed by atoms with Gasteiger partial charge in [0.05, 0.1) is 6.04 Å². The van der Waals surface area contributed by atoms with E-state index >= 15 is 0 Å². The van der Waals surface area contributed by atoms with Crippen LogP contribution >= 0.6 is 0 Å². The maximum absolute atomic E-state index is 13.7. The fourth-order valence-electron chi connectivity index (χ4n) is 4.14. The van der Waals surface area contributed by atoms with E-state index in [1.165, 1.54) is 0 Å². The molecule has 0 aromatic heterocycles. The van der Waals surface area contributed by atoms with Gasteiger partial charge in [0.25, 0.3) is 0 Å². The normalized spacial score (nSPS) is 13.1. The third kappa shape index (κ3) is 5.27. The fraction of sp³-hybridized carbons (Fsp3) is 0.259. The molecule has 0 aliphatic heterocycles. The molecule has 0 radical (unpaired) electrons. The van der Waals surface area contributed by atoms with Gasteiger partial charge in [0.2, 0.25) is 34.8 Å². The molecule has 0 saturated carbocycles. The van der Waals surface area contributed by atoms with Crippen LogP contribution in [0.5, 0.6) is 5.75 Å². The quantitative estimate of drug-likeness (QED) is 0.124. The molecule has 0 saturated heterocycles. The van der Waals surface area contributed by atoms with Crippen molar-refractivity contribution in [3.05, 3.63) is 88.7 Å². The second kappa shape index (κ2) is 11.1. The first-order chi connectivity index (χ1) is 18.1. The van der Waals surface area contributed by atoms with Crippen LogP contribution < -0.4 is 10.1 Å². The molecule has 38 heavy (non-hydrogen) atoms. The highest BCUT2D eigenvalue weighted by molar-refractivity contribution is 5.79. The highest BCUT2D eigenvalue weighted by Gasteiger charge is 2.31. The van der Waals surface area contributed by atoms with Crippen LogP contribution in [-0.4, -0.2) is 31.5 Å². The molecule has 1 atom stereocenters. The number of fused-ring (bicyclic) bond motifs is 3. The predicted molar refractivity (Wildman–Crippen MR) is 125 cm³/mol. The number of halogens is 5. The van der Waals surface area contributed by atoms with Gasteiger partial charge in [-0.25, -0.2) is 22.8 Å². The molecule has 3 aromatic rings. The van der Waals surface area contributed by atoms with E-state index in [0.717, 1.165) is 22.3 Å². The van der Waals surface area contributed by atoms with Crippen LogP contribution in [0, 0.1) is 35.0 Å². The zero-order valence-corrected chi connectivity index (χ0v) is 20.2. The Hall–Kier alpha value is -4.15. The highest BCUT2D eigenvalue weighted by atomic mass is 19.2. The van der Waals surface area contributed by atoms with Gasteiger partial charge in [-0.2, -0.15) is 8.78 Å². The maximum Gasteiger partial charge on any atom is 0.514 e. The Kier molecular flexibility index (Phi) is 7.84. The predicted octanol–water partition coefficient (Wildman–Crippen LogP) is 6.46. The van der Waals surface area contributed by atoms with E-state index in [1.807, 2.05) is 48.5 Å². The number of ether oxygens (including phenoxy) is 3. The van der Waals surface area contributed by atoms with Crippen LogP contribution in [0.15, 0.2) is 48.5 Å². The Balaban J connectivity index is 1.35. The first-order valence-electron chi connectivity index (χ1n) is 11.6. The van der Waals surface area contributed by atoms with E-state index in [4.69, 9.17) is 9.47 Å². The second-order valence-corrected chi connectivity index (χ2v) is 8.88. The monoisotopic (exact) mass is 535 g/mol. The molecule has 0 fully saturated rings. The molecule has 4 rings (SSSR count). The number of hydrogen-bond donors (Lipinski definition) is 1. The number of nitrogens with one attached hydrogen (secondary N) is 1. The summed E-state index contributed by atoms with van der Waals surface area (Å²) in [6, 6.07) is 14.7. The maximum atomic E-state index is 13.7. The Bertz CT molecular complexity index is 1310. The number of rotatable bonds is 7. The molecule has 0 unspecified atom stereocenters. The van der Waals surface area contributed by atoms with Crippen LogP contribution in [0.1, 0.15) is 30.9 Å². The number of carbonyl (C=O) groups is 2. The SMILES string of the molecule is CC(C)[C@@H](COC(=O)Oc1c(F)c(F)c(F)c(F)c1F)NC(=O)OCC1c2ccccc2-c2ccccc21. The van der Waals surface area contributed by atoms with E-state index in [1.54, 1.807) is 13.8 Å². The van der Waals surface area contributed by atoms with Crippen molar-refractivity contribution in [2.75, 3.05) is 13.2 Å². The van der Waals surface area contributed by atoms with Crippen LogP contribution in [0.4, 0.5) is 31.5 Å². The molecular weight excluding hydrogens is 513 g/mol. The summed E-state index contributed by atoms with van der Waals surface area (Å²) < 4.78 is 81.7. The van der Waals surface area contributed by atoms with E-state index in [-0.39, 0.29) is 18.4 Å². The van der Waals surface area contributed by atoms with Gasteiger partial charge in [0.15, 0.2) is 0 Å². The number of hydrogen-bond acceptors (Lipinski definition) is 5. The van der Waals surface area contributed by atoms with Crippen molar-refractivity contribution < 1.29 is 45.8 Å². The summed E-state index contributed by atoms with van der Waals surface area (Å²) in [6.45, 7) is 2.88. The summed E-state index contributed by atoms with van der Waals surface area (Å²) in [5.41, 5.74) is 4.14. The number of alkyl carbamates (subject to hydrolysis) is 1. The van der Waals surface area contributed by atoms with Crippen molar-refractivity contribution in [2.24, 2.45) is 5.92 Å². The Morgan fingerprint density at radius 3 is 1.82 bits per heavy atom. The molecular formula is C27H22F5NO5. The lowest BCUT2D eigenvalue weighted by Crippen LogP contribution is -2.43. The minimum absolute atomic E-state index is 0.0355. The van der Waals surface area contributed by atoms with Crippen molar-refractivity contribution in [3.8, 4) is 16.9 Å². The third-order valence-electron chi connectivity index (χ3n) is 6.19. The molecule has 6 nitrogen and oxygen atoms in total. The molecule has 1 N–H and O–H groups in total. The van der Waals surface area contributed by atoms with E-state index in [9.17, 15) is 31.5 Å². The van der Waals surface area contributed by atoms with Crippen LogP contribution in [0.2, 0.25) is 0 Å². The second-order valence-electron chi connectivity index (χ2n) is 8.88. The van der Waals surface area contributed by atoms with E-state index in [0.29, 0.717) is 0 Å². The van der Waals surface area contributed by atoms with E-state index in [2.05, 4.69) is 10.1 Å². The van der Waals surface area contributed by atoms with Gasteiger partial charge in [-0.1, -0.05) is 62.4 Å². The lowest BCUT2D eigenvalue weighted by atomic mass is 9.98. The minimum Gasteiger partial charge on any atom is -0.449 e.